The lowest BCUT2D eigenvalue weighted by atomic mass is 9.95. The molecule has 33 heavy (non-hydrogen) atoms. The number of H-pyrrole nitrogens is 1. The first-order chi connectivity index (χ1) is 16.0. The molecule has 0 aliphatic carbocycles. The largest absolute Gasteiger partial charge is 0.361 e. The maximum atomic E-state index is 13.6. The summed E-state index contributed by atoms with van der Waals surface area (Å²) in [7, 11) is 1.80. The second kappa shape index (κ2) is 8.50. The van der Waals surface area contributed by atoms with Crippen LogP contribution < -0.4 is 5.32 Å². The molecule has 168 valence electrons. The number of aromatic nitrogens is 4. The maximum Gasteiger partial charge on any atom is 0.255 e. The van der Waals surface area contributed by atoms with Crippen molar-refractivity contribution in [1.29, 1.82) is 0 Å². The molecule has 2 amide bonds. The molecule has 1 atom stereocenters. The quantitative estimate of drug-likeness (QED) is 0.493. The van der Waals surface area contributed by atoms with Crippen molar-refractivity contribution >= 4 is 22.7 Å². The average Bonchev–Trinajstić information content (AvgIpc) is 3.40. The summed E-state index contributed by atoms with van der Waals surface area (Å²) in [6.07, 6.45) is 7.38. The number of carbonyl (C=O) groups excluding carboxylic acids is 2. The van der Waals surface area contributed by atoms with Crippen molar-refractivity contribution < 1.29 is 14.0 Å². The van der Waals surface area contributed by atoms with Crippen LogP contribution in [0.2, 0.25) is 0 Å². The number of rotatable bonds is 5. The highest BCUT2D eigenvalue weighted by molar-refractivity contribution is 5.95. The van der Waals surface area contributed by atoms with Gasteiger partial charge in [0.1, 0.15) is 5.82 Å². The van der Waals surface area contributed by atoms with Crippen LogP contribution in [0.15, 0.2) is 55.1 Å². The smallest absolute Gasteiger partial charge is 0.255 e. The Morgan fingerprint density at radius 3 is 3.00 bits per heavy atom. The minimum Gasteiger partial charge on any atom is -0.361 e. The van der Waals surface area contributed by atoms with Gasteiger partial charge in [0, 0.05) is 67.9 Å². The summed E-state index contributed by atoms with van der Waals surface area (Å²) >= 11 is 0. The van der Waals surface area contributed by atoms with Crippen LogP contribution in [-0.2, 0) is 24.8 Å². The van der Waals surface area contributed by atoms with Crippen molar-refractivity contribution in [2.75, 3.05) is 13.1 Å². The summed E-state index contributed by atoms with van der Waals surface area (Å²) in [6, 6.07) is 8.04. The molecule has 0 unspecified atom stereocenters. The third-order valence-corrected chi connectivity index (χ3v) is 5.97. The fourth-order valence-corrected chi connectivity index (χ4v) is 4.38. The van der Waals surface area contributed by atoms with Crippen LogP contribution in [0.5, 0.6) is 0 Å². The van der Waals surface area contributed by atoms with Gasteiger partial charge in [0.25, 0.3) is 5.91 Å². The topological polar surface area (TPSA) is 95.9 Å². The van der Waals surface area contributed by atoms with Gasteiger partial charge in [-0.05, 0) is 42.3 Å². The number of aryl methyl sites for hydroxylation is 1. The van der Waals surface area contributed by atoms with E-state index in [2.05, 4.69) is 20.4 Å². The van der Waals surface area contributed by atoms with Crippen LogP contribution in [0.3, 0.4) is 0 Å². The first-order valence-electron chi connectivity index (χ1n) is 10.7. The minimum atomic E-state index is -0.573. The van der Waals surface area contributed by atoms with E-state index in [0.717, 1.165) is 22.0 Å². The second-order valence-corrected chi connectivity index (χ2v) is 8.24. The Bertz CT molecular complexity index is 1330. The zero-order valence-corrected chi connectivity index (χ0v) is 18.1. The van der Waals surface area contributed by atoms with E-state index < -0.39 is 5.92 Å². The van der Waals surface area contributed by atoms with Crippen LogP contribution in [-0.4, -0.2) is 49.6 Å². The summed E-state index contributed by atoms with van der Waals surface area (Å²) in [4.78, 5) is 35.0. The van der Waals surface area contributed by atoms with Crippen LogP contribution in [0.4, 0.5) is 4.39 Å². The summed E-state index contributed by atoms with van der Waals surface area (Å²) in [6.45, 7) is 1.01. The van der Waals surface area contributed by atoms with Gasteiger partial charge in [-0.2, -0.15) is 5.10 Å². The first kappa shape index (κ1) is 20.9. The second-order valence-electron chi connectivity index (χ2n) is 8.24. The number of nitrogens with zero attached hydrogens (tertiary/aromatic N) is 4. The molecule has 0 bridgehead atoms. The Kier molecular flexibility index (Phi) is 5.37. The fourth-order valence-electron chi connectivity index (χ4n) is 4.38. The van der Waals surface area contributed by atoms with E-state index in [1.54, 1.807) is 41.0 Å². The average molecular weight is 446 g/mol. The molecule has 5 rings (SSSR count). The molecule has 0 fully saturated rings. The number of hydrogen-bond donors (Lipinski definition) is 2. The lowest BCUT2D eigenvalue weighted by Crippen LogP contribution is -2.44. The molecule has 3 aromatic heterocycles. The Morgan fingerprint density at radius 1 is 1.30 bits per heavy atom. The van der Waals surface area contributed by atoms with E-state index in [0.29, 0.717) is 30.8 Å². The Labute approximate surface area is 189 Å². The molecule has 2 N–H and O–H groups in total. The van der Waals surface area contributed by atoms with E-state index in [-0.39, 0.29) is 24.2 Å². The van der Waals surface area contributed by atoms with Crippen molar-refractivity contribution in [2.45, 2.75) is 18.9 Å². The highest BCUT2D eigenvalue weighted by Gasteiger charge is 2.35. The number of carbonyl (C=O) groups is 2. The standard InChI is InChI=1S/C24H23FN6O2/c1-30-12-17-13-31(24(33)16-3-2-7-26-10-16)14-20(22(17)29-30)23(32)27-8-6-15-11-28-21-5-4-18(25)9-19(15)21/h2-5,7,9-12,20,28H,6,8,13-14H2,1H3,(H,27,32)/t20-/m0/s1. The molecule has 1 aromatic carbocycles. The van der Waals surface area contributed by atoms with E-state index in [1.807, 2.05) is 12.4 Å². The number of nitrogens with one attached hydrogen (secondary N) is 2. The number of hydrogen-bond acceptors (Lipinski definition) is 4. The Morgan fingerprint density at radius 2 is 2.18 bits per heavy atom. The van der Waals surface area contributed by atoms with Crippen LogP contribution >= 0.6 is 0 Å². The molecular weight excluding hydrogens is 423 g/mol. The van der Waals surface area contributed by atoms with Gasteiger partial charge in [0.05, 0.1) is 17.2 Å². The van der Waals surface area contributed by atoms with Crippen molar-refractivity contribution in [3.05, 3.63) is 83.3 Å². The predicted molar refractivity (Wildman–Crippen MR) is 120 cm³/mol. The first-order valence-corrected chi connectivity index (χ1v) is 10.7. The van der Waals surface area contributed by atoms with Gasteiger partial charge in [-0.25, -0.2) is 4.39 Å². The highest BCUT2D eigenvalue weighted by atomic mass is 19.1. The molecule has 9 heteroatoms. The van der Waals surface area contributed by atoms with Crippen molar-refractivity contribution in [3.63, 3.8) is 0 Å². The molecular formula is C24H23FN6O2. The number of pyridine rings is 1. The summed E-state index contributed by atoms with van der Waals surface area (Å²) in [5.74, 6) is -1.23. The van der Waals surface area contributed by atoms with Crippen LogP contribution in [0.25, 0.3) is 10.9 Å². The van der Waals surface area contributed by atoms with E-state index in [1.165, 1.54) is 18.3 Å². The van der Waals surface area contributed by atoms with Crippen LogP contribution in [0.1, 0.15) is 33.1 Å². The highest BCUT2D eigenvalue weighted by Crippen LogP contribution is 2.28. The Hall–Kier alpha value is -4.01. The number of benzene rings is 1. The summed E-state index contributed by atoms with van der Waals surface area (Å²) < 4.78 is 15.3. The molecule has 0 radical (unpaired) electrons. The van der Waals surface area contributed by atoms with E-state index in [4.69, 9.17) is 0 Å². The molecule has 4 heterocycles. The molecule has 0 spiro atoms. The molecule has 1 aliphatic rings. The number of fused-ring (bicyclic) bond motifs is 2. The van der Waals surface area contributed by atoms with Crippen LogP contribution in [0, 0.1) is 5.82 Å². The molecule has 8 nitrogen and oxygen atoms in total. The Balaban J connectivity index is 1.30. The molecule has 1 aliphatic heterocycles. The lowest BCUT2D eigenvalue weighted by molar-refractivity contribution is -0.123. The van der Waals surface area contributed by atoms with Gasteiger partial charge < -0.3 is 15.2 Å². The van der Waals surface area contributed by atoms with Gasteiger partial charge in [-0.3, -0.25) is 19.3 Å². The van der Waals surface area contributed by atoms with Gasteiger partial charge >= 0.3 is 0 Å². The predicted octanol–water partition coefficient (Wildman–Crippen LogP) is 2.53. The third-order valence-electron chi connectivity index (χ3n) is 5.97. The third kappa shape index (κ3) is 4.09. The summed E-state index contributed by atoms with van der Waals surface area (Å²) in [5, 5.41) is 8.27. The lowest BCUT2D eigenvalue weighted by Gasteiger charge is -2.31. The van der Waals surface area contributed by atoms with E-state index in [9.17, 15) is 14.0 Å². The zero-order chi connectivity index (χ0) is 22.9. The minimum absolute atomic E-state index is 0.170. The van der Waals surface area contributed by atoms with Crippen molar-refractivity contribution in [1.82, 2.24) is 30.0 Å². The van der Waals surface area contributed by atoms with Crippen molar-refractivity contribution in [2.24, 2.45) is 7.05 Å². The normalized spacial score (nSPS) is 15.5. The monoisotopic (exact) mass is 446 g/mol. The summed E-state index contributed by atoms with van der Waals surface area (Å²) in [5.41, 5.74) is 3.82. The zero-order valence-electron chi connectivity index (χ0n) is 18.1. The molecule has 0 saturated heterocycles. The number of aromatic amines is 1. The van der Waals surface area contributed by atoms with Gasteiger partial charge in [0.2, 0.25) is 5.91 Å². The van der Waals surface area contributed by atoms with E-state index >= 15 is 0 Å². The fraction of sp³-hybridized carbons (Fsp3) is 0.250. The molecule has 0 saturated carbocycles. The SMILES string of the molecule is Cn1cc2c(n1)[C@@H](C(=O)NCCc1c[nH]c3ccc(F)cc13)CN(C(=O)c1cccnc1)C2. The number of halogens is 1. The van der Waals surface area contributed by atoms with Gasteiger partial charge in [0.15, 0.2) is 0 Å². The maximum absolute atomic E-state index is 13.6. The van der Waals surface area contributed by atoms with Crippen molar-refractivity contribution in [3.8, 4) is 0 Å². The van der Waals surface area contributed by atoms with Gasteiger partial charge in [-0.15, -0.1) is 0 Å². The number of amides is 2. The van der Waals surface area contributed by atoms with Gasteiger partial charge in [-0.1, -0.05) is 0 Å². The molecule has 4 aromatic rings.